The maximum Gasteiger partial charge on any atom is 0.339 e. The zero-order valence-corrected chi connectivity index (χ0v) is 15.2. The van der Waals surface area contributed by atoms with E-state index in [1.54, 1.807) is 0 Å². The number of carbonyl (C=O) groups is 1. The van der Waals surface area contributed by atoms with Gasteiger partial charge in [0.25, 0.3) is 0 Å². The van der Waals surface area contributed by atoms with Crippen molar-refractivity contribution in [3.63, 3.8) is 0 Å². The number of esters is 1. The minimum Gasteiger partial charge on any atom is -0.450 e. The van der Waals surface area contributed by atoms with Gasteiger partial charge in [-0.25, -0.2) is 9.78 Å². The molecule has 0 radical (unpaired) electrons. The minimum absolute atomic E-state index is 0.195. The van der Waals surface area contributed by atoms with Crippen LogP contribution in [0.25, 0.3) is 11.3 Å². The number of hydrogen-bond donors (Lipinski definition) is 1. The van der Waals surface area contributed by atoms with Crippen molar-refractivity contribution in [2.45, 2.75) is 25.4 Å². The van der Waals surface area contributed by atoms with Gasteiger partial charge >= 0.3 is 5.97 Å². The molecule has 1 fully saturated rings. The summed E-state index contributed by atoms with van der Waals surface area (Å²) in [6, 6.07) is 18.0. The standard InChI is InChI=1S/C22H21N3O2/c1-15-19(16-7-3-2-4-8-16)24-21(23-15)25-13-11-22(12-14-25)18-10-6-5-9-17(18)20(26)27-22/h2-10H,11-14H2,1H3,(H,23,24). The Labute approximate surface area is 158 Å². The third-order valence-corrected chi connectivity index (χ3v) is 5.72. The van der Waals surface area contributed by atoms with Crippen LogP contribution in [0.15, 0.2) is 54.6 Å². The molecule has 0 amide bonds. The Morgan fingerprint density at radius 2 is 1.74 bits per heavy atom. The number of aromatic amines is 1. The fourth-order valence-corrected chi connectivity index (χ4v) is 4.27. The van der Waals surface area contributed by atoms with E-state index < -0.39 is 5.60 Å². The Balaban J connectivity index is 1.39. The number of hydrogen-bond acceptors (Lipinski definition) is 4. The number of piperidine rings is 1. The molecule has 2 aliphatic rings. The molecule has 5 rings (SSSR count). The highest BCUT2D eigenvalue weighted by molar-refractivity contribution is 5.94. The van der Waals surface area contributed by atoms with Crippen molar-refractivity contribution < 1.29 is 9.53 Å². The molecule has 1 saturated heterocycles. The van der Waals surface area contributed by atoms with Gasteiger partial charge in [0.05, 0.1) is 11.3 Å². The van der Waals surface area contributed by atoms with E-state index in [0.717, 1.165) is 54.4 Å². The van der Waals surface area contributed by atoms with Gasteiger partial charge in [0.1, 0.15) is 5.60 Å². The average Bonchev–Trinajstić information content (AvgIpc) is 3.22. The first-order valence-corrected chi connectivity index (χ1v) is 9.36. The number of carbonyl (C=O) groups excluding carboxylic acids is 1. The van der Waals surface area contributed by atoms with Crippen LogP contribution in [0.3, 0.4) is 0 Å². The largest absolute Gasteiger partial charge is 0.450 e. The molecular weight excluding hydrogens is 338 g/mol. The monoisotopic (exact) mass is 359 g/mol. The molecule has 0 aliphatic carbocycles. The van der Waals surface area contributed by atoms with Crippen LogP contribution >= 0.6 is 0 Å². The molecule has 0 unspecified atom stereocenters. The van der Waals surface area contributed by atoms with Crippen LogP contribution in [-0.4, -0.2) is 29.0 Å². The third kappa shape index (κ3) is 2.53. The van der Waals surface area contributed by atoms with Gasteiger partial charge in [0, 0.05) is 42.8 Å². The number of aryl methyl sites for hydroxylation is 1. The molecule has 136 valence electrons. The lowest BCUT2D eigenvalue weighted by atomic mass is 9.84. The third-order valence-electron chi connectivity index (χ3n) is 5.72. The summed E-state index contributed by atoms with van der Waals surface area (Å²) in [6.45, 7) is 3.64. The van der Waals surface area contributed by atoms with E-state index in [1.807, 2.05) is 42.5 Å². The topological polar surface area (TPSA) is 58.2 Å². The van der Waals surface area contributed by atoms with E-state index in [2.05, 4.69) is 28.9 Å². The number of nitrogens with one attached hydrogen (secondary N) is 1. The number of benzene rings is 2. The number of aromatic nitrogens is 2. The SMILES string of the molecule is Cc1[nH]c(N2CCC3(CC2)OC(=O)c2ccccc23)nc1-c1ccccc1. The summed E-state index contributed by atoms with van der Waals surface area (Å²) in [5, 5.41) is 0. The quantitative estimate of drug-likeness (QED) is 0.701. The van der Waals surface area contributed by atoms with Crippen molar-refractivity contribution >= 4 is 11.9 Å². The van der Waals surface area contributed by atoms with Crippen LogP contribution in [0.4, 0.5) is 5.95 Å². The molecule has 3 aromatic rings. The normalized spacial score (nSPS) is 17.8. The van der Waals surface area contributed by atoms with Crippen LogP contribution in [0.5, 0.6) is 0 Å². The predicted octanol–water partition coefficient (Wildman–Crippen LogP) is 4.05. The summed E-state index contributed by atoms with van der Waals surface area (Å²) in [5.74, 6) is 0.693. The second-order valence-corrected chi connectivity index (χ2v) is 7.32. The van der Waals surface area contributed by atoms with Crippen molar-refractivity contribution in [2.24, 2.45) is 0 Å². The molecule has 5 nitrogen and oxygen atoms in total. The number of fused-ring (bicyclic) bond motifs is 2. The summed E-state index contributed by atoms with van der Waals surface area (Å²) in [7, 11) is 0. The summed E-state index contributed by atoms with van der Waals surface area (Å²) < 4.78 is 5.85. The van der Waals surface area contributed by atoms with Crippen molar-refractivity contribution in [2.75, 3.05) is 18.0 Å². The van der Waals surface area contributed by atoms with E-state index in [1.165, 1.54) is 0 Å². The molecule has 0 atom stereocenters. The lowest BCUT2D eigenvalue weighted by Crippen LogP contribution is -2.43. The highest BCUT2D eigenvalue weighted by atomic mass is 16.6. The smallest absolute Gasteiger partial charge is 0.339 e. The molecule has 2 aromatic carbocycles. The van der Waals surface area contributed by atoms with Gasteiger partial charge in [0.15, 0.2) is 0 Å². The maximum absolute atomic E-state index is 12.2. The first-order valence-electron chi connectivity index (χ1n) is 9.36. The first kappa shape index (κ1) is 16.1. The van der Waals surface area contributed by atoms with Crippen LogP contribution in [0, 0.1) is 6.92 Å². The van der Waals surface area contributed by atoms with Crippen molar-refractivity contribution in [3.05, 3.63) is 71.4 Å². The maximum atomic E-state index is 12.2. The zero-order valence-electron chi connectivity index (χ0n) is 15.2. The lowest BCUT2D eigenvalue weighted by molar-refractivity contribution is -0.0211. The molecule has 1 aromatic heterocycles. The van der Waals surface area contributed by atoms with Gasteiger partial charge in [-0.3, -0.25) is 0 Å². The second kappa shape index (κ2) is 5.98. The van der Waals surface area contributed by atoms with E-state index >= 15 is 0 Å². The van der Waals surface area contributed by atoms with E-state index in [-0.39, 0.29) is 5.97 Å². The number of nitrogens with zero attached hydrogens (tertiary/aromatic N) is 2. The van der Waals surface area contributed by atoms with Crippen molar-refractivity contribution in [1.82, 2.24) is 9.97 Å². The second-order valence-electron chi connectivity index (χ2n) is 7.32. The van der Waals surface area contributed by atoms with Gasteiger partial charge in [-0.05, 0) is 13.0 Å². The molecule has 5 heteroatoms. The minimum atomic E-state index is -0.478. The number of H-pyrrole nitrogens is 1. The molecular formula is C22H21N3O2. The summed E-state index contributed by atoms with van der Waals surface area (Å²) in [4.78, 5) is 22.8. The van der Waals surface area contributed by atoms with Gasteiger partial charge < -0.3 is 14.6 Å². The molecule has 2 aliphatic heterocycles. The summed E-state index contributed by atoms with van der Waals surface area (Å²) in [5.41, 5.74) is 4.44. The van der Waals surface area contributed by atoms with Gasteiger partial charge in [-0.15, -0.1) is 0 Å². The zero-order chi connectivity index (χ0) is 18.4. The molecule has 27 heavy (non-hydrogen) atoms. The van der Waals surface area contributed by atoms with E-state index in [4.69, 9.17) is 9.72 Å². The molecule has 0 bridgehead atoms. The lowest BCUT2D eigenvalue weighted by Gasteiger charge is -2.38. The Bertz CT molecular complexity index is 1000. The van der Waals surface area contributed by atoms with Crippen molar-refractivity contribution in [3.8, 4) is 11.3 Å². The van der Waals surface area contributed by atoms with Gasteiger partial charge in [-0.1, -0.05) is 48.5 Å². The number of rotatable bonds is 2. The first-order chi connectivity index (χ1) is 13.2. The van der Waals surface area contributed by atoms with Crippen molar-refractivity contribution in [1.29, 1.82) is 0 Å². The van der Waals surface area contributed by atoms with Crippen LogP contribution in [0.1, 0.15) is 34.5 Å². The Hall–Kier alpha value is -3.08. The number of imidazole rings is 1. The van der Waals surface area contributed by atoms with Crippen LogP contribution in [-0.2, 0) is 10.3 Å². The fraction of sp³-hybridized carbons (Fsp3) is 0.273. The van der Waals surface area contributed by atoms with E-state index in [9.17, 15) is 4.79 Å². The predicted molar refractivity (Wildman–Crippen MR) is 104 cm³/mol. The van der Waals surface area contributed by atoms with Gasteiger partial charge in [0.2, 0.25) is 5.95 Å². The average molecular weight is 359 g/mol. The Morgan fingerprint density at radius 1 is 1.04 bits per heavy atom. The number of ether oxygens (including phenoxy) is 1. The van der Waals surface area contributed by atoms with Gasteiger partial charge in [-0.2, -0.15) is 0 Å². The fourth-order valence-electron chi connectivity index (χ4n) is 4.27. The summed E-state index contributed by atoms with van der Waals surface area (Å²) in [6.07, 6.45) is 1.55. The highest BCUT2D eigenvalue weighted by Gasteiger charge is 2.47. The summed E-state index contributed by atoms with van der Waals surface area (Å²) >= 11 is 0. The Morgan fingerprint density at radius 3 is 2.52 bits per heavy atom. The molecule has 1 N–H and O–H groups in total. The highest BCUT2D eigenvalue weighted by Crippen LogP contribution is 2.44. The Kier molecular flexibility index (Phi) is 3.57. The van der Waals surface area contributed by atoms with Crippen LogP contribution in [0.2, 0.25) is 0 Å². The molecule has 1 spiro atoms. The number of anilines is 1. The molecule has 0 saturated carbocycles. The van der Waals surface area contributed by atoms with Crippen LogP contribution < -0.4 is 4.90 Å². The van der Waals surface area contributed by atoms with E-state index in [0.29, 0.717) is 5.56 Å². The molecule has 3 heterocycles.